The summed E-state index contributed by atoms with van der Waals surface area (Å²) in [4.78, 5) is 21.6. The molecule has 0 aromatic carbocycles. The van der Waals surface area contributed by atoms with Crippen molar-refractivity contribution in [3.63, 3.8) is 0 Å². The van der Waals surface area contributed by atoms with Crippen molar-refractivity contribution in [1.82, 2.24) is 0 Å². The van der Waals surface area contributed by atoms with Crippen LogP contribution in [0.25, 0.3) is 0 Å². The van der Waals surface area contributed by atoms with Crippen molar-refractivity contribution in [1.29, 1.82) is 0 Å². The fraction of sp³-hybridized carbons (Fsp3) is 0.864. The Kier molecular flexibility index (Phi) is 17.3. The second-order valence-electron chi connectivity index (χ2n) is 8.83. The Morgan fingerprint density at radius 2 is 1.61 bits per heavy atom. The van der Waals surface area contributed by atoms with E-state index in [1.54, 1.807) is 0 Å². The molecular weight excluding hydrogens is 421 g/mol. The molecule has 0 spiro atoms. The number of quaternary nitrogens is 1. The maximum atomic E-state index is 11.9. The van der Waals surface area contributed by atoms with Crippen LogP contribution in [0, 0.1) is 0 Å². The lowest BCUT2D eigenvalue weighted by molar-refractivity contribution is -0.870. The van der Waals surface area contributed by atoms with E-state index >= 15 is 0 Å². The summed E-state index contributed by atoms with van der Waals surface area (Å²) in [7, 11) is 1.54. The molecule has 0 aliphatic rings. The van der Waals surface area contributed by atoms with Gasteiger partial charge in [-0.25, -0.2) is 4.57 Å². The Morgan fingerprint density at radius 1 is 1.00 bits per heavy atom. The Hall–Kier alpha value is -0.760. The summed E-state index contributed by atoms with van der Waals surface area (Å²) in [6, 6.07) is 0. The average molecular weight is 467 g/mol. The lowest BCUT2D eigenvalue weighted by atomic mass is 10.1. The van der Waals surface area contributed by atoms with Crippen LogP contribution in [-0.4, -0.2) is 74.1 Å². The second kappa shape index (κ2) is 17.8. The third-order valence-electron chi connectivity index (χ3n) is 4.58. The van der Waals surface area contributed by atoms with Crippen molar-refractivity contribution in [2.75, 3.05) is 47.5 Å². The molecule has 0 saturated carbocycles. The van der Waals surface area contributed by atoms with E-state index in [2.05, 4.69) is 19.1 Å². The molecule has 1 unspecified atom stereocenters. The molecule has 184 valence electrons. The van der Waals surface area contributed by atoms with Gasteiger partial charge in [0.25, 0.3) is 0 Å². The maximum Gasteiger partial charge on any atom is 0.472 e. The van der Waals surface area contributed by atoms with Crippen LogP contribution >= 0.6 is 7.82 Å². The topological polar surface area (TPSA) is 102 Å². The Balaban J connectivity index is 3.87. The number of phosphoric ester groups is 1. The highest BCUT2D eigenvalue weighted by atomic mass is 31.2. The van der Waals surface area contributed by atoms with Crippen LogP contribution in [0.4, 0.5) is 0 Å². The average Bonchev–Trinajstić information content (AvgIpc) is 2.68. The van der Waals surface area contributed by atoms with Gasteiger partial charge in [-0.1, -0.05) is 51.2 Å². The number of nitrogens with zero attached hydrogens (tertiary/aromatic N) is 1. The first-order valence-corrected chi connectivity index (χ1v) is 13.0. The smallest absolute Gasteiger partial charge is 0.457 e. The first kappa shape index (κ1) is 30.2. The number of unbranched alkanes of at least 4 members (excludes halogenated alkanes) is 7. The third-order valence-corrected chi connectivity index (χ3v) is 5.57. The second-order valence-corrected chi connectivity index (χ2v) is 10.3. The molecule has 0 fully saturated rings. The largest absolute Gasteiger partial charge is 0.472 e. The number of aliphatic hydroxyl groups excluding tert-OH is 1. The maximum absolute atomic E-state index is 11.9. The van der Waals surface area contributed by atoms with Gasteiger partial charge in [0.05, 0.1) is 34.4 Å². The molecule has 0 amide bonds. The molecule has 9 heteroatoms. The van der Waals surface area contributed by atoms with Crippen molar-refractivity contribution in [2.45, 2.75) is 77.2 Å². The molecule has 0 aromatic rings. The number of rotatable bonds is 20. The number of esters is 1. The van der Waals surface area contributed by atoms with Crippen LogP contribution in [0.2, 0.25) is 0 Å². The van der Waals surface area contributed by atoms with E-state index in [-0.39, 0.29) is 13.0 Å². The van der Waals surface area contributed by atoms with Crippen LogP contribution in [0.5, 0.6) is 0 Å². The molecule has 8 nitrogen and oxygen atoms in total. The standard InChI is InChI=1S/C22H44NO7P/c1-5-6-7-8-9-10-11-12-13-14-15-16-22(25)30-21(19-24)20-29-31(26,27)28-18-17-23(2,3)4/h8-9,21,24H,5-7,10-20H2,1-4H3/p+1/b9-8-/t21-/m0/s1. The van der Waals surface area contributed by atoms with Crippen LogP contribution in [0.15, 0.2) is 12.2 Å². The van der Waals surface area contributed by atoms with Gasteiger partial charge in [-0.15, -0.1) is 0 Å². The van der Waals surface area contributed by atoms with Gasteiger partial charge in [0, 0.05) is 6.42 Å². The molecule has 0 rings (SSSR count). The van der Waals surface area contributed by atoms with Gasteiger partial charge in [0.1, 0.15) is 19.3 Å². The van der Waals surface area contributed by atoms with Crippen LogP contribution in [0.1, 0.15) is 71.1 Å². The highest BCUT2D eigenvalue weighted by Crippen LogP contribution is 2.43. The third kappa shape index (κ3) is 20.9. The molecule has 0 aliphatic heterocycles. The molecular formula is C22H45NO7P+. The minimum atomic E-state index is -4.25. The Labute approximate surface area is 188 Å². The summed E-state index contributed by atoms with van der Waals surface area (Å²) in [5, 5.41) is 9.34. The Bertz CT molecular complexity index is 534. The zero-order chi connectivity index (χ0) is 23.6. The van der Waals surface area contributed by atoms with Gasteiger partial charge < -0.3 is 19.2 Å². The molecule has 0 bridgehead atoms. The van der Waals surface area contributed by atoms with Crippen molar-refractivity contribution in [2.24, 2.45) is 0 Å². The van der Waals surface area contributed by atoms with E-state index in [0.717, 1.165) is 44.9 Å². The van der Waals surface area contributed by atoms with Crippen LogP contribution in [0.3, 0.4) is 0 Å². The molecule has 31 heavy (non-hydrogen) atoms. The molecule has 0 aliphatic carbocycles. The fourth-order valence-electron chi connectivity index (χ4n) is 2.63. The van der Waals surface area contributed by atoms with Gasteiger partial charge in [-0.05, 0) is 25.7 Å². The predicted molar refractivity (Wildman–Crippen MR) is 123 cm³/mol. The van der Waals surface area contributed by atoms with Gasteiger partial charge in [0.2, 0.25) is 0 Å². The minimum absolute atomic E-state index is 0.0516. The summed E-state index contributed by atoms with van der Waals surface area (Å²) in [5.74, 6) is -0.444. The molecule has 0 saturated heterocycles. The van der Waals surface area contributed by atoms with Gasteiger partial charge in [-0.3, -0.25) is 13.8 Å². The van der Waals surface area contributed by atoms with Gasteiger partial charge in [0.15, 0.2) is 0 Å². The number of carbonyl (C=O) groups is 1. The predicted octanol–water partition coefficient (Wildman–Crippen LogP) is 4.21. The van der Waals surface area contributed by atoms with E-state index in [4.69, 9.17) is 13.8 Å². The summed E-state index contributed by atoms with van der Waals surface area (Å²) in [6.45, 7) is 1.89. The van der Waals surface area contributed by atoms with Crippen molar-refractivity contribution < 1.29 is 37.6 Å². The summed E-state index contributed by atoms with van der Waals surface area (Å²) < 4.78 is 27.3. The summed E-state index contributed by atoms with van der Waals surface area (Å²) in [5.41, 5.74) is 0. The normalized spacial score (nSPS) is 15.2. The number of carbonyl (C=O) groups excluding carboxylic acids is 1. The monoisotopic (exact) mass is 466 g/mol. The quantitative estimate of drug-likeness (QED) is 0.0911. The highest BCUT2D eigenvalue weighted by molar-refractivity contribution is 7.47. The van der Waals surface area contributed by atoms with E-state index in [0.29, 0.717) is 11.0 Å². The van der Waals surface area contributed by atoms with E-state index < -0.39 is 33.1 Å². The van der Waals surface area contributed by atoms with Crippen molar-refractivity contribution >= 4 is 13.8 Å². The van der Waals surface area contributed by atoms with E-state index in [9.17, 15) is 19.4 Å². The van der Waals surface area contributed by atoms with E-state index in [1.807, 2.05) is 21.1 Å². The number of ether oxygens (including phenoxy) is 1. The lowest BCUT2D eigenvalue weighted by Gasteiger charge is -2.24. The Morgan fingerprint density at radius 3 is 2.23 bits per heavy atom. The van der Waals surface area contributed by atoms with Gasteiger partial charge >= 0.3 is 13.8 Å². The van der Waals surface area contributed by atoms with E-state index in [1.165, 1.54) is 12.8 Å². The number of phosphoric acid groups is 1. The molecule has 0 heterocycles. The number of aliphatic hydroxyl groups is 1. The van der Waals surface area contributed by atoms with Gasteiger partial charge in [-0.2, -0.15) is 0 Å². The fourth-order valence-corrected chi connectivity index (χ4v) is 3.37. The number of allylic oxidation sites excluding steroid dienone is 2. The van der Waals surface area contributed by atoms with Crippen molar-refractivity contribution in [3.8, 4) is 0 Å². The molecule has 2 N–H and O–H groups in total. The van der Waals surface area contributed by atoms with Crippen LogP contribution < -0.4 is 0 Å². The highest BCUT2D eigenvalue weighted by Gasteiger charge is 2.25. The minimum Gasteiger partial charge on any atom is -0.457 e. The molecule has 0 radical (unpaired) electrons. The molecule has 0 aromatic heterocycles. The first-order chi connectivity index (χ1) is 14.6. The lowest BCUT2D eigenvalue weighted by Crippen LogP contribution is -2.37. The first-order valence-electron chi connectivity index (χ1n) is 11.5. The summed E-state index contributed by atoms with van der Waals surface area (Å²) in [6.07, 6.45) is 13.6. The number of likely N-dealkylation sites (N-methyl/N-ethyl adjacent to an activating group) is 1. The van der Waals surface area contributed by atoms with Crippen LogP contribution in [-0.2, 0) is 23.1 Å². The van der Waals surface area contributed by atoms with Crippen molar-refractivity contribution in [3.05, 3.63) is 12.2 Å². The number of hydrogen-bond acceptors (Lipinski definition) is 6. The zero-order valence-corrected chi connectivity index (χ0v) is 20.9. The zero-order valence-electron chi connectivity index (χ0n) is 20.0. The SMILES string of the molecule is CCCC/C=C\CCCCCCCC(=O)O[C@@H](CO)COP(=O)(O)OCC[N+](C)(C)C. The summed E-state index contributed by atoms with van der Waals surface area (Å²) >= 11 is 0. The molecule has 2 atom stereocenters. The number of hydrogen-bond donors (Lipinski definition) is 2.